The lowest BCUT2D eigenvalue weighted by molar-refractivity contribution is -0.123. The van der Waals surface area contributed by atoms with Crippen molar-refractivity contribution in [2.24, 2.45) is 0 Å². The highest BCUT2D eigenvalue weighted by molar-refractivity contribution is 6.30. The molecule has 0 bridgehead atoms. The second kappa shape index (κ2) is 13.5. The molecule has 208 valence electrons. The number of para-hydroxylation sites is 1. The maximum absolute atomic E-state index is 13.2. The number of benzene rings is 2. The average Bonchev–Trinajstić information content (AvgIpc) is 3.42. The van der Waals surface area contributed by atoms with E-state index in [1.165, 1.54) is 4.68 Å². The van der Waals surface area contributed by atoms with Crippen LogP contribution >= 0.6 is 11.6 Å². The van der Waals surface area contributed by atoms with Gasteiger partial charge in [0, 0.05) is 41.6 Å². The van der Waals surface area contributed by atoms with E-state index in [2.05, 4.69) is 21.2 Å². The van der Waals surface area contributed by atoms with E-state index in [9.17, 15) is 14.4 Å². The molecule has 10 nitrogen and oxygen atoms in total. The van der Waals surface area contributed by atoms with Crippen LogP contribution in [0.4, 0.5) is 0 Å². The average molecular weight is 563 g/mol. The summed E-state index contributed by atoms with van der Waals surface area (Å²) in [7, 11) is 0. The van der Waals surface area contributed by atoms with Crippen molar-refractivity contribution in [1.29, 1.82) is 0 Å². The molecule has 0 aliphatic carbocycles. The van der Waals surface area contributed by atoms with E-state index in [1.807, 2.05) is 43.3 Å². The van der Waals surface area contributed by atoms with Crippen LogP contribution in [-0.4, -0.2) is 39.4 Å². The van der Waals surface area contributed by atoms with E-state index in [4.69, 9.17) is 16.3 Å². The molecule has 0 unspecified atom stereocenters. The third-order valence-corrected chi connectivity index (χ3v) is 6.38. The molecule has 0 aliphatic heterocycles. The Bertz CT molecular complexity index is 1530. The third-order valence-electron chi connectivity index (χ3n) is 6.15. The van der Waals surface area contributed by atoms with Gasteiger partial charge in [-0.2, -0.15) is 5.10 Å². The van der Waals surface area contributed by atoms with Gasteiger partial charge in [-0.05, 0) is 61.9 Å². The number of ether oxygens (including phenoxy) is 1. The number of amides is 2. The van der Waals surface area contributed by atoms with Crippen molar-refractivity contribution < 1.29 is 14.3 Å². The van der Waals surface area contributed by atoms with Crippen LogP contribution in [-0.2, 0) is 29.1 Å². The number of aryl methyl sites for hydroxylation is 1. The molecule has 0 atom stereocenters. The van der Waals surface area contributed by atoms with E-state index >= 15 is 0 Å². The first-order valence-corrected chi connectivity index (χ1v) is 13.2. The first-order valence-electron chi connectivity index (χ1n) is 12.8. The highest BCUT2D eigenvalue weighted by Crippen LogP contribution is 2.23. The lowest BCUT2D eigenvalue weighted by Crippen LogP contribution is -2.34. The molecule has 0 spiro atoms. The van der Waals surface area contributed by atoms with Gasteiger partial charge in [-0.15, -0.1) is 0 Å². The van der Waals surface area contributed by atoms with Gasteiger partial charge in [0.1, 0.15) is 5.75 Å². The number of carbonyl (C=O) groups is 2. The van der Waals surface area contributed by atoms with Gasteiger partial charge in [-0.3, -0.25) is 14.4 Å². The smallest absolute Gasteiger partial charge is 0.272 e. The third kappa shape index (κ3) is 7.29. The molecule has 2 aromatic heterocycles. The molecule has 0 saturated carbocycles. The van der Waals surface area contributed by atoms with Crippen molar-refractivity contribution in [3.8, 4) is 11.4 Å². The monoisotopic (exact) mass is 562 g/mol. The van der Waals surface area contributed by atoms with E-state index in [-0.39, 0.29) is 36.9 Å². The molecule has 0 saturated heterocycles. The zero-order chi connectivity index (χ0) is 28.5. The van der Waals surface area contributed by atoms with E-state index < -0.39 is 0 Å². The van der Waals surface area contributed by atoms with Crippen molar-refractivity contribution >= 4 is 23.4 Å². The summed E-state index contributed by atoms with van der Waals surface area (Å²) in [5, 5.41) is 10.3. The van der Waals surface area contributed by atoms with Crippen LogP contribution in [0.25, 0.3) is 5.69 Å². The van der Waals surface area contributed by atoms with Gasteiger partial charge in [0.05, 0.1) is 24.3 Å². The fraction of sp³-hybridized carbons (Fsp3) is 0.241. The van der Waals surface area contributed by atoms with E-state index in [0.717, 1.165) is 11.4 Å². The standard InChI is InChI=1S/C29H31ClN6O4/c1-3-31-28(38)19-40-26-10-9-22(30)15-21(26)17-32-27(37)16-25-20(2)12-14-35(29(25)39)34-18-24-11-13-33-36(24)23-7-5-4-6-8-23/h4-15,34H,3,16-19H2,1-2H3,(H,31,38)(H,32,37). The summed E-state index contributed by atoms with van der Waals surface area (Å²) in [6, 6.07) is 18.3. The van der Waals surface area contributed by atoms with Crippen LogP contribution in [0.1, 0.15) is 29.3 Å². The molecule has 0 fully saturated rings. The van der Waals surface area contributed by atoms with Crippen molar-refractivity contribution in [2.75, 3.05) is 18.6 Å². The normalized spacial score (nSPS) is 10.7. The van der Waals surface area contributed by atoms with Gasteiger partial charge in [-0.25, -0.2) is 9.36 Å². The maximum atomic E-state index is 13.2. The Morgan fingerprint density at radius 1 is 1.00 bits per heavy atom. The molecule has 11 heteroatoms. The second-order valence-electron chi connectivity index (χ2n) is 9.00. The van der Waals surface area contributed by atoms with Gasteiger partial charge in [0.2, 0.25) is 5.91 Å². The van der Waals surface area contributed by atoms with Gasteiger partial charge in [0.25, 0.3) is 11.5 Å². The summed E-state index contributed by atoms with van der Waals surface area (Å²) in [5.74, 6) is -0.149. The lowest BCUT2D eigenvalue weighted by Gasteiger charge is -2.15. The van der Waals surface area contributed by atoms with Crippen LogP contribution in [0.5, 0.6) is 5.75 Å². The molecular weight excluding hydrogens is 532 g/mol. The number of pyridine rings is 1. The minimum atomic E-state index is -0.338. The van der Waals surface area contributed by atoms with Gasteiger partial charge < -0.3 is 20.8 Å². The topological polar surface area (TPSA) is 119 Å². The Balaban J connectivity index is 1.40. The Morgan fingerprint density at radius 3 is 2.58 bits per heavy atom. The molecule has 2 aromatic carbocycles. The van der Waals surface area contributed by atoms with Crippen LogP contribution in [0.2, 0.25) is 5.02 Å². The number of hydrogen-bond donors (Lipinski definition) is 3. The molecule has 4 aromatic rings. The number of halogens is 1. The van der Waals surface area contributed by atoms with Crippen molar-refractivity contribution in [3.05, 3.63) is 111 Å². The number of carbonyl (C=O) groups excluding carboxylic acids is 2. The predicted molar refractivity (Wildman–Crippen MR) is 153 cm³/mol. The predicted octanol–water partition coefficient (Wildman–Crippen LogP) is 3.11. The highest BCUT2D eigenvalue weighted by atomic mass is 35.5. The number of rotatable bonds is 12. The molecule has 0 aliphatic rings. The Labute approximate surface area is 236 Å². The summed E-state index contributed by atoms with van der Waals surface area (Å²) in [4.78, 5) is 37.9. The summed E-state index contributed by atoms with van der Waals surface area (Å²) < 4.78 is 8.79. The largest absolute Gasteiger partial charge is 0.483 e. The minimum Gasteiger partial charge on any atom is -0.483 e. The minimum absolute atomic E-state index is 0.106. The van der Waals surface area contributed by atoms with Crippen molar-refractivity contribution in [3.63, 3.8) is 0 Å². The van der Waals surface area contributed by atoms with Crippen LogP contribution in [0, 0.1) is 6.92 Å². The Kier molecular flexibility index (Phi) is 9.58. The Hall–Kier alpha value is -4.57. The summed E-state index contributed by atoms with van der Waals surface area (Å²) in [6.07, 6.45) is 3.24. The highest BCUT2D eigenvalue weighted by Gasteiger charge is 2.14. The molecule has 0 radical (unpaired) electrons. The maximum Gasteiger partial charge on any atom is 0.272 e. The van der Waals surface area contributed by atoms with Gasteiger partial charge in [-0.1, -0.05) is 29.8 Å². The molecular formula is C29H31ClN6O4. The summed E-state index contributed by atoms with van der Waals surface area (Å²) in [5.41, 5.74) is 6.29. The first-order chi connectivity index (χ1) is 19.4. The zero-order valence-electron chi connectivity index (χ0n) is 22.3. The fourth-order valence-corrected chi connectivity index (χ4v) is 4.27. The SMILES string of the molecule is CCNC(=O)COc1ccc(Cl)cc1CNC(=O)Cc1c(C)ccn(NCc2ccnn2-c2ccccc2)c1=O. The first kappa shape index (κ1) is 28.4. The number of likely N-dealkylation sites (N-methyl/N-ethyl adjacent to an activating group) is 1. The number of nitrogens with one attached hydrogen (secondary N) is 3. The van der Waals surface area contributed by atoms with Gasteiger partial charge >= 0.3 is 0 Å². The van der Waals surface area contributed by atoms with E-state index in [0.29, 0.717) is 40.6 Å². The fourth-order valence-electron chi connectivity index (χ4n) is 4.08. The zero-order valence-corrected chi connectivity index (χ0v) is 23.1. The second-order valence-corrected chi connectivity index (χ2v) is 9.44. The molecule has 40 heavy (non-hydrogen) atoms. The van der Waals surface area contributed by atoms with Crippen LogP contribution in [0.15, 0.2) is 77.9 Å². The molecule has 2 amide bonds. The van der Waals surface area contributed by atoms with Crippen molar-refractivity contribution in [2.45, 2.75) is 33.4 Å². The lowest BCUT2D eigenvalue weighted by atomic mass is 10.1. The molecule has 3 N–H and O–H groups in total. The van der Waals surface area contributed by atoms with E-state index in [1.54, 1.807) is 48.3 Å². The summed E-state index contributed by atoms with van der Waals surface area (Å²) >= 11 is 6.14. The summed E-state index contributed by atoms with van der Waals surface area (Å²) in [6.45, 7) is 4.42. The van der Waals surface area contributed by atoms with Gasteiger partial charge in [0.15, 0.2) is 6.61 Å². The Morgan fingerprint density at radius 2 is 1.80 bits per heavy atom. The van der Waals surface area contributed by atoms with Crippen molar-refractivity contribution in [1.82, 2.24) is 25.1 Å². The molecule has 2 heterocycles. The van der Waals surface area contributed by atoms with Crippen LogP contribution < -0.4 is 26.4 Å². The molecule has 4 rings (SSSR count). The number of hydrogen-bond acceptors (Lipinski definition) is 6. The quantitative estimate of drug-likeness (QED) is 0.244. The number of nitrogens with zero attached hydrogens (tertiary/aromatic N) is 3. The van der Waals surface area contributed by atoms with Crippen LogP contribution in [0.3, 0.4) is 0 Å². The number of aromatic nitrogens is 3.